The topological polar surface area (TPSA) is 55.0 Å². The molecule has 2 aromatic rings. The van der Waals surface area contributed by atoms with Crippen LogP contribution in [0.5, 0.6) is 0 Å². The van der Waals surface area contributed by atoms with Crippen molar-refractivity contribution < 1.29 is 4.39 Å². The molecule has 2 rings (SSSR count). The van der Waals surface area contributed by atoms with Crippen molar-refractivity contribution in [3.05, 3.63) is 29.6 Å². The van der Waals surface area contributed by atoms with Gasteiger partial charge < -0.3 is 10.6 Å². The lowest BCUT2D eigenvalue weighted by atomic mass is 10.2. The molecule has 0 unspecified atom stereocenters. The van der Waals surface area contributed by atoms with E-state index in [0.29, 0.717) is 11.4 Å². The normalized spacial score (nSPS) is 10.7. The highest BCUT2D eigenvalue weighted by Crippen LogP contribution is 2.34. The Labute approximate surface area is 113 Å². The summed E-state index contributed by atoms with van der Waals surface area (Å²) >= 11 is 2.70. The van der Waals surface area contributed by atoms with E-state index >= 15 is 0 Å². The van der Waals surface area contributed by atoms with Gasteiger partial charge in [0.15, 0.2) is 4.34 Å². The van der Waals surface area contributed by atoms with Crippen molar-refractivity contribution >= 4 is 28.2 Å². The van der Waals surface area contributed by atoms with Crippen molar-refractivity contribution in [2.45, 2.75) is 15.8 Å². The minimum absolute atomic E-state index is 0.274. The summed E-state index contributed by atoms with van der Waals surface area (Å²) in [5, 5.41) is 8.82. The van der Waals surface area contributed by atoms with Crippen molar-refractivity contribution in [3.63, 3.8) is 0 Å². The first kappa shape index (κ1) is 13.3. The molecule has 0 aliphatic carbocycles. The first-order chi connectivity index (χ1) is 8.60. The zero-order chi connectivity index (χ0) is 13.1. The lowest BCUT2D eigenvalue weighted by Gasteiger charge is -2.04. The Morgan fingerprint density at radius 1 is 1.39 bits per heavy atom. The average molecular weight is 284 g/mol. The summed E-state index contributed by atoms with van der Waals surface area (Å²) < 4.78 is 14.5. The number of nitrogens with zero attached hydrogens (tertiary/aromatic N) is 3. The van der Waals surface area contributed by atoms with Gasteiger partial charge >= 0.3 is 0 Å². The fourth-order valence-corrected chi connectivity index (χ4v) is 3.00. The van der Waals surface area contributed by atoms with Crippen molar-refractivity contribution in [3.8, 4) is 0 Å². The SMILES string of the molecule is CN(C)c1nnc(Sc2ccc(CN)cc2F)s1. The summed E-state index contributed by atoms with van der Waals surface area (Å²) in [6.45, 7) is 0.339. The van der Waals surface area contributed by atoms with Crippen LogP contribution in [0.3, 0.4) is 0 Å². The van der Waals surface area contributed by atoms with Crippen molar-refractivity contribution in [1.82, 2.24) is 10.2 Å². The molecule has 1 aromatic carbocycles. The highest BCUT2D eigenvalue weighted by atomic mass is 32.2. The van der Waals surface area contributed by atoms with E-state index in [-0.39, 0.29) is 5.82 Å². The second-order valence-electron chi connectivity index (χ2n) is 3.82. The molecule has 1 heterocycles. The smallest absolute Gasteiger partial charge is 0.208 e. The number of aromatic nitrogens is 2. The molecule has 0 aliphatic heterocycles. The molecule has 18 heavy (non-hydrogen) atoms. The maximum atomic E-state index is 13.8. The molecule has 0 aliphatic rings. The van der Waals surface area contributed by atoms with Crippen molar-refractivity contribution in [2.24, 2.45) is 5.73 Å². The van der Waals surface area contributed by atoms with E-state index in [0.717, 1.165) is 15.0 Å². The molecule has 7 heteroatoms. The zero-order valence-corrected chi connectivity index (χ0v) is 11.7. The van der Waals surface area contributed by atoms with Gasteiger partial charge in [-0.05, 0) is 17.7 Å². The summed E-state index contributed by atoms with van der Waals surface area (Å²) in [6.07, 6.45) is 0. The molecular formula is C11H13FN4S2. The number of anilines is 1. The van der Waals surface area contributed by atoms with Crippen LogP contribution >= 0.6 is 23.1 Å². The Morgan fingerprint density at radius 2 is 2.17 bits per heavy atom. The van der Waals surface area contributed by atoms with Crippen LogP contribution in [-0.2, 0) is 6.54 Å². The molecule has 1 aromatic heterocycles. The molecule has 0 saturated heterocycles. The number of halogens is 1. The Balaban J connectivity index is 2.17. The lowest BCUT2D eigenvalue weighted by Crippen LogP contribution is -2.07. The number of hydrogen-bond acceptors (Lipinski definition) is 6. The van der Waals surface area contributed by atoms with Crippen molar-refractivity contribution in [1.29, 1.82) is 0 Å². The number of nitrogens with two attached hydrogens (primary N) is 1. The van der Waals surface area contributed by atoms with Gasteiger partial charge in [-0.25, -0.2) is 4.39 Å². The standard InChI is InChI=1S/C11H13FN4S2/c1-16(2)10-14-15-11(18-10)17-9-4-3-7(6-13)5-8(9)12/h3-5H,6,13H2,1-2H3. The minimum atomic E-state index is -0.274. The van der Waals surface area contributed by atoms with E-state index in [1.165, 1.54) is 29.2 Å². The van der Waals surface area contributed by atoms with Gasteiger partial charge in [-0.2, -0.15) is 0 Å². The summed E-state index contributed by atoms with van der Waals surface area (Å²) in [4.78, 5) is 2.41. The van der Waals surface area contributed by atoms with E-state index in [4.69, 9.17) is 5.73 Å². The largest absolute Gasteiger partial charge is 0.353 e. The molecule has 2 N–H and O–H groups in total. The van der Waals surface area contributed by atoms with Crippen LogP contribution in [0.2, 0.25) is 0 Å². The highest BCUT2D eigenvalue weighted by Gasteiger charge is 2.10. The first-order valence-electron chi connectivity index (χ1n) is 5.27. The molecule has 4 nitrogen and oxygen atoms in total. The number of rotatable bonds is 4. The molecule has 0 radical (unpaired) electrons. The first-order valence-corrected chi connectivity index (χ1v) is 6.90. The molecular weight excluding hydrogens is 271 g/mol. The third-order valence-electron chi connectivity index (χ3n) is 2.21. The van der Waals surface area contributed by atoms with Crippen LogP contribution in [0.25, 0.3) is 0 Å². The Morgan fingerprint density at radius 3 is 2.72 bits per heavy atom. The summed E-state index contributed by atoms with van der Waals surface area (Å²) in [5.41, 5.74) is 6.24. The molecule has 0 fully saturated rings. The van der Waals surface area contributed by atoms with Crippen molar-refractivity contribution in [2.75, 3.05) is 19.0 Å². The van der Waals surface area contributed by atoms with E-state index in [9.17, 15) is 4.39 Å². The molecule has 0 saturated carbocycles. The number of benzene rings is 1. The summed E-state index contributed by atoms with van der Waals surface area (Å²) in [5.74, 6) is -0.274. The summed E-state index contributed by atoms with van der Waals surface area (Å²) in [6, 6.07) is 4.99. The predicted molar refractivity (Wildman–Crippen MR) is 72.7 cm³/mol. The maximum absolute atomic E-state index is 13.8. The highest BCUT2D eigenvalue weighted by molar-refractivity contribution is 8.01. The average Bonchev–Trinajstić information content (AvgIpc) is 2.80. The zero-order valence-electron chi connectivity index (χ0n) is 10.1. The van der Waals surface area contributed by atoms with Gasteiger partial charge in [0.05, 0.1) is 4.90 Å². The minimum Gasteiger partial charge on any atom is -0.353 e. The second-order valence-corrected chi connectivity index (χ2v) is 6.06. The fourth-order valence-electron chi connectivity index (χ4n) is 1.27. The van der Waals surface area contributed by atoms with E-state index in [1.807, 2.05) is 25.1 Å². The molecule has 0 spiro atoms. The molecule has 0 bridgehead atoms. The summed E-state index contributed by atoms with van der Waals surface area (Å²) in [7, 11) is 3.79. The van der Waals surface area contributed by atoms with Crippen LogP contribution in [0.1, 0.15) is 5.56 Å². The van der Waals surface area contributed by atoms with Gasteiger partial charge in [-0.15, -0.1) is 10.2 Å². The third-order valence-corrected chi connectivity index (χ3v) is 4.40. The van der Waals surface area contributed by atoms with Crippen LogP contribution in [0.15, 0.2) is 27.4 Å². The van der Waals surface area contributed by atoms with Gasteiger partial charge in [-0.3, -0.25) is 0 Å². The van der Waals surface area contributed by atoms with Crippen LogP contribution in [0, 0.1) is 5.82 Å². The van der Waals surface area contributed by atoms with Crippen LogP contribution in [0.4, 0.5) is 9.52 Å². The van der Waals surface area contributed by atoms with Gasteiger partial charge in [0.1, 0.15) is 5.82 Å². The second kappa shape index (κ2) is 5.64. The quantitative estimate of drug-likeness (QED) is 0.934. The van der Waals surface area contributed by atoms with Crippen LogP contribution in [-0.4, -0.2) is 24.3 Å². The molecule has 96 valence electrons. The fraction of sp³-hybridized carbons (Fsp3) is 0.273. The van der Waals surface area contributed by atoms with E-state index in [2.05, 4.69) is 10.2 Å². The lowest BCUT2D eigenvalue weighted by molar-refractivity contribution is 0.599. The Hall–Kier alpha value is -1.18. The van der Waals surface area contributed by atoms with Crippen LogP contribution < -0.4 is 10.6 Å². The Bertz CT molecular complexity index is 542. The van der Waals surface area contributed by atoms with E-state index in [1.54, 1.807) is 6.07 Å². The Kier molecular flexibility index (Phi) is 4.15. The number of hydrogen-bond donors (Lipinski definition) is 1. The van der Waals surface area contributed by atoms with E-state index < -0.39 is 0 Å². The maximum Gasteiger partial charge on any atom is 0.208 e. The third kappa shape index (κ3) is 2.98. The van der Waals surface area contributed by atoms with Gasteiger partial charge in [-0.1, -0.05) is 29.2 Å². The van der Waals surface area contributed by atoms with Gasteiger partial charge in [0.25, 0.3) is 0 Å². The molecule has 0 amide bonds. The monoisotopic (exact) mass is 284 g/mol. The van der Waals surface area contributed by atoms with Gasteiger partial charge in [0.2, 0.25) is 5.13 Å². The molecule has 0 atom stereocenters. The predicted octanol–water partition coefficient (Wildman–Crippen LogP) is 2.35. The van der Waals surface area contributed by atoms with Gasteiger partial charge in [0, 0.05) is 20.6 Å².